The average Bonchev–Trinajstić information content (AvgIpc) is 2.93. The van der Waals surface area contributed by atoms with E-state index in [2.05, 4.69) is 48.7 Å². The summed E-state index contributed by atoms with van der Waals surface area (Å²) >= 11 is 0. The summed E-state index contributed by atoms with van der Waals surface area (Å²) in [6.45, 7) is 8.24. The van der Waals surface area contributed by atoms with Gasteiger partial charge in [-0.25, -0.2) is 0 Å². The number of aryl methyl sites for hydroxylation is 3. The third-order valence-electron chi connectivity index (χ3n) is 4.87. The van der Waals surface area contributed by atoms with Crippen LogP contribution in [0.1, 0.15) is 33.6 Å². The molecule has 0 radical (unpaired) electrons. The van der Waals surface area contributed by atoms with Crippen molar-refractivity contribution in [1.29, 1.82) is 5.26 Å². The highest BCUT2D eigenvalue weighted by Gasteiger charge is 2.13. The molecule has 140 valence electrons. The number of nitro benzene ring substituents is 1. The third kappa shape index (κ3) is 3.58. The summed E-state index contributed by atoms with van der Waals surface area (Å²) in [5.74, 6) is 0. The SMILES string of the molecule is Cc1ccc(-n2c(C)cc(C=C(C#N)c3ccc([N+](=O)[O-])cc3)c2C)c(C)c1. The first-order valence-corrected chi connectivity index (χ1v) is 8.95. The molecule has 3 rings (SSSR count). The molecule has 0 spiro atoms. The van der Waals surface area contributed by atoms with Gasteiger partial charge in [-0.1, -0.05) is 17.7 Å². The standard InChI is InChI=1S/C23H21N3O2/c1-15-5-10-23(16(2)11-15)25-17(3)12-20(18(25)4)13-21(14-24)19-6-8-22(9-7-19)26(27)28/h5-13H,1-4H3. The molecular weight excluding hydrogens is 350 g/mol. The average molecular weight is 371 g/mol. The summed E-state index contributed by atoms with van der Waals surface area (Å²) in [7, 11) is 0. The number of hydrogen-bond donors (Lipinski definition) is 0. The molecule has 0 aliphatic heterocycles. The fourth-order valence-electron chi connectivity index (χ4n) is 3.46. The van der Waals surface area contributed by atoms with Gasteiger partial charge in [-0.2, -0.15) is 5.26 Å². The summed E-state index contributed by atoms with van der Waals surface area (Å²) in [5.41, 5.74) is 7.73. The zero-order chi connectivity index (χ0) is 20.4. The second kappa shape index (κ2) is 7.53. The lowest BCUT2D eigenvalue weighted by Gasteiger charge is -2.13. The van der Waals surface area contributed by atoms with Crippen molar-refractivity contribution in [1.82, 2.24) is 4.57 Å². The number of hydrogen-bond acceptors (Lipinski definition) is 3. The van der Waals surface area contributed by atoms with E-state index in [1.165, 1.54) is 23.3 Å². The van der Waals surface area contributed by atoms with E-state index in [9.17, 15) is 15.4 Å². The molecule has 0 saturated heterocycles. The van der Waals surface area contributed by atoms with Crippen molar-refractivity contribution in [3.05, 3.63) is 92.3 Å². The van der Waals surface area contributed by atoms with Crippen molar-refractivity contribution in [3.8, 4) is 11.8 Å². The fourth-order valence-corrected chi connectivity index (χ4v) is 3.46. The second-order valence-electron chi connectivity index (χ2n) is 6.93. The Morgan fingerprint density at radius 3 is 2.32 bits per heavy atom. The topological polar surface area (TPSA) is 71.9 Å². The number of nitriles is 1. The van der Waals surface area contributed by atoms with Gasteiger partial charge in [0.25, 0.3) is 5.69 Å². The quantitative estimate of drug-likeness (QED) is 0.336. The van der Waals surface area contributed by atoms with E-state index < -0.39 is 4.92 Å². The van der Waals surface area contributed by atoms with Gasteiger partial charge >= 0.3 is 0 Å². The molecule has 2 aromatic carbocycles. The van der Waals surface area contributed by atoms with Gasteiger partial charge in [0, 0.05) is 29.2 Å². The fraction of sp³-hybridized carbons (Fsp3) is 0.174. The van der Waals surface area contributed by atoms with Crippen LogP contribution in [0.2, 0.25) is 0 Å². The van der Waals surface area contributed by atoms with E-state index in [0.717, 1.165) is 22.6 Å². The number of aromatic nitrogens is 1. The zero-order valence-corrected chi connectivity index (χ0v) is 16.4. The summed E-state index contributed by atoms with van der Waals surface area (Å²) < 4.78 is 2.19. The number of nitrogens with zero attached hydrogens (tertiary/aromatic N) is 3. The Morgan fingerprint density at radius 2 is 1.75 bits per heavy atom. The van der Waals surface area contributed by atoms with E-state index in [1.54, 1.807) is 12.1 Å². The van der Waals surface area contributed by atoms with Crippen molar-refractivity contribution in [2.45, 2.75) is 27.7 Å². The van der Waals surface area contributed by atoms with Crippen LogP contribution in [0.25, 0.3) is 17.3 Å². The molecule has 0 aliphatic rings. The molecule has 3 aromatic rings. The summed E-state index contributed by atoms with van der Waals surface area (Å²) in [5, 5.41) is 20.5. The van der Waals surface area contributed by atoms with Crippen molar-refractivity contribution in [3.63, 3.8) is 0 Å². The molecule has 0 aliphatic carbocycles. The van der Waals surface area contributed by atoms with Crippen molar-refractivity contribution >= 4 is 17.3 Å². The Labute approximate surface area is 164 Å². The van der Waals surface area contributed by atoms with Gasteiger partial charge in [-0.3, -0.25) is 10.1 Å². The highest BCUT2D eigenvalue weighted by molar-refractivity contribution is 5.90. The van der Waals surface area contributed by atoms with Gasteiger partial charge in [-0.05, 0) is 74.7 Å². The number of non-ortho nitro benzene ring substituents is 1. The van der Waals surface area contributed by atoms with E-state index in [0.29, 0.717) is 11.1 Å². The van der Waals surface area contributed by atoms with Crippen LogP contribution in [-0.4, -0.2) is 9.49 Å². The molecule has 1 heterocycles. The van der Waals surface area contributed by atoms with Crippen molar-refractivity contribution in [2.75, 3.05) is 0 Å². The largest absolute Gasteiger partial charge is 0.318 e. The maximum Gasteiger partial charge on any atom is 0.269 e. The first kappa shape index (κ1) is 19.1. The number of rotatable bonds is 4. The molecule has 1 aromatic heterocycles. The molecule has 0 bridgehead atoms. The van der Waals surface area contributed by atoms with Gasteiger partial charge in [0.2, 0.25) is 0 Å². The molecule has 5 heteroatoms. The Morgan fingerprint density at radius 1 is 1.07 bits per heavy atom. The minimum absolute atomic E-state index is 0.00839. The van der Waals surface area contributed by atoms with E-state index in [1.807, 2.05) is 19.9 Å². The maximum atomic E-state index is 10.8. The number of benzene rings is 2. The maximum absolute atomic E-state index is 10.8. The van der Waals surface area contributed by atoms with Crippen LogP contribution in [0, 0.1) is 49.1 Å². The Balaban J connectivity index is 2.06. The van der Waals surface area contributed by atoms with Crippen LogP contribution >= 0.6 is 0 Å². The Bertz CT molecular complexity index is 1130. The monoisotopic (exact) mass is 371 g/mol. The molecule has 0 amide bonds. The molecule has 0 saturated carbocycles. The van der Waals surface area contributed by atoms with Gasteiger partial charge in [0.1, 0.15) is 0 Å². The van der Waals surface area contributed by atoms with E-state index in [-0.39, 0.29) is 5.69 Å². The van der Waals surface area contributed by atoms with Crippen LogP contribution in [0.4, 0.5) is 5.69 Å². The van der Waals surface area contributed by atoms with Gasteiger partial charge < -0.3 is 4.57 Å². The van der Waals surface area contributed by atoms with Crippen LogP contribution < -0.4 is 0 Å². The zero-order valence-electron chi connectivity index (χ0n) is 16.4. The van der Waals surface area contributed by atoms with Crippen LogP contribution in [0.5, 0.6) is 0 Å². The smallest absolute Gasteiger partial charge is 0.269 e. The molecule has 0 N–H and O–H groups in total. The van der Waals surface area contributed by atoms with E-state index in [4.69, 9.17) is 0 Å². The number of nitro groups is 1. The first-order chi connectivity index (χ1) is 13.3. The van der Waals surface area contributed by atoms with Crippen molar-refractivity contribution in [2.24, 2.45) is 0 Å². The van der Waals surface area contributed by atoms with Crippen LogP contribution in [0.15, 0.2) is 48.5 Å². The van der Waals surface area contributed by atoms with E-state index >= 15 is 0 Å². The lowest BCUT2D eigenvalue weighted by Crippen LogP contribution is -2.01. The van der Waals surface area contributed by atoms with Crippen molar-refractivity contribution < 1.29 is 4.92 Å². The Hall–Kier alpha value is -3.65. The highest BCUT2D eigenvalue weighted by Crippen LogP contribution is 2.27. The molecule has 0 fully saturated rings. The van der Waals surface area contributed by atoms with Gasteiger partial charge in [0.05, 0.1) is 16.6 Å². The Kier molecular flexibility index (Phi) is 5.14. The van der Waals surface area contributed by atoms with Gasteiger partial charge in [0.15, 0.2) is 0 Å². The lowest BCUT2D eigenvalue weighted by atomic mass is 10.0. The third-order valence-corrected chi connectivity index (χ3v) is 4.87. The summed E-state index contributed by atoms with van der Waals surface area (Å²) in [4.78, 5) is 10.4. The van der Waals surface area contributed by atoms with Crippen LogP contribution in [-0.2, 0) is 0 Å². The number of allylic oxidation sites excluding steroid dienone is 1. The lowest BCUT2D eigenvalue weighted by molar-refractivity contribution is -0.384. The molecule has 0 atom stereocenters. The molecule has 0 unspecified atom stereocenters. The summed E-state index contributed by atoms with van der Waals surface area (Å²) in [6.07, 6.45) is 1.84. The normalized spacial score (nSPS) is 11.3. The van der Waals surface area contributed by atoms with Gasteiger partial charge in [-0.15, -0.1) is 0 Å². The molecule has 28 heavy (non-hydrogen) atoms. The molecular formula is C23H21N3O2. The minimum Gasteiger partial charge on any atom is -0.318 e. The second-order valence-corrected chi connectivity index (χ2v) is 6.93. The predicted molar refractivity (Wildman–Crippen MR) is 111 cm³/mol. The molecule has 5 nitrogen and oxygen atoms in total. The van der Waals surface area contributed by atoms with Crippen LogP contribution in [0.3, 0.4) is 0 Å². The highest BCUT2D eigenvalue weighted by atomic mass is 16.6. The first-order valence-electron chi connectivity index (χ1n) is 8.95. The minimum atomic E-state index is -0.447. The summed E-state index contributed by atoms with van der Waals surface area (Å²) in [6, 6.07) is 16.7. The predicted octanol–water partition coefficient (Wildman–Crippen LogP) is 5.68.